The fourth-order valence-electron chi connectivity index (χ4n) is 4.08. The molecule has 1 aromatic heterocycles. The molecular formula is C24H32Cl2F2N2PPdS+. The van der Waals surface area contributed by atoms with E-state index in [0.717, 1.165) is 16.9 Å². The average Bonchev–Trinajstić information content (AvgIpc) is 3.35. The molecule has 1 aliphatic rings. The first-order valence-corrected chi connectivity index (χ1v) is 18.4. The molecule has 1 atom stereocenters. The average molecular weight is 627 g/mol. The molecular weight excluding hydrogens is 595 g/mol. The number of halogens is 4. The summed E-state index contributed by atoms with van der Waals surface area (Å²) >= 11 is 1.39. The molecule has 0 N–H and O–H groups in total. The van der Waals surface area contributed by atoms with Crippen LogP contribution >= 0.6 is 38.7 Å². The number of nitrogens with zero attached hydrogens (tertiary/aromatic N) is 2. The summed E-state index contributed by atoms with van der Waals surface area (Å²) in [6, 6.07) is 11.7. The van der Waals surface area contributed by atoms with Crippen molar-refractivity contribution in [3.05, 3.63) is 65.5 Å². The fourth-order valence-corrected chi connectivity index (χ4v) is 8.24. The van der Waals surface area contributed by atoms with Crippen LogP contribution < -0.4 is 0 Å². The standard InChI is InChI=1S/C15H10F2N2S.C9H21P.2ClH.Pd/c16-9-4-3-5-10(17)14(9)15-19-12-7-2-1-6-11(12)18-13(19)8-20-15;1-4-7-10(8-5-2)9-6-3;;;/h1-7,15H,8H2;4-9H2,1-3H3;2*1H;/q;;;;+2/p-1. The van der Waals surface area contributed by atoms with Crippen LogP contribution in [0.2, 0.25) is 0 Å². The zero-order valence-electron chi connectivity index (χ0n) is 19.2. The molecule has 0 aliphatic carbocycles. The molecule has 0 bridgehead atoms. The predicted molar refractivity (Wildman–Crippen MR) is 141 cm³/mol. The van der Waals surface area contributed by atoms with Gasteiger partial charge in [0.15, 0.2) is 0 Å². The van der Waals surface area contributed by atoms with E-state index in [1.54, 1.807) is 18.5 Å². The van der Waals surface area contributed by atoms with Crippen molar-refractivity contribution in [2.24, 2.45) is 0 Å². The first-order chi connectivity index (χ1) is 16.0. The number of rotatable bonds is 7. The Morgan fingerprint density at radius 3 is 2.06 bits per heavy atom. The first-order valence-electron chi connectivity index (χ1n) is 11.2. The Kier molecular flexibility index (Phi) is 13.8. The van der Waals surface area contributed by atoms with Gasteiger partial charge in [0.25, 0.3) is 0 Å². The van der Waals surface area contributed by atoms with E-state index in [0.29, 0.717) is 5.75 Å². The minimum absolute atomic E-state index is 0.103. The molecule has 4 rings (SSSR count). The third-order valence-corrected chi connectivity index (χ3v) is 10.1. The number of para-hydroxylation sites is 2. The van der Waals surface area contributed by atoms with Gasteiger partial charge in [0.1, 0.15) is 22.8 Å². The molecule has 0 radical (unpaired) electrons. The van der Waals surface area contributed by atoms with Gasteiger partial charge >= 0.3 is 35.0 Å². The van der Waals surface area contributed by atoms with Crippen LogP contribution in [-0.4, -0.2) is 28.0 Å². The van der Waals surface area contributed by atoms with E-state index in [2.05, 4.69) is 25.8 Å². The van der Waals surface area contributed by atoms with Crippen molar-refractivity contribution in [1.29, 1.82) is 0 Å². The number of aromatic nitrogens is 2. The Bertz CT molecular complexity index is 958. The molecule has 9 heteroatoms. The summed E-state index contributed by atoms with van der Waals surface area (Å²) in [5.41, 5.74) is 1.89. The van der Waals surface area contributed by atoms with Crippen LogP contribution in [0.5, 0.6) is 0 Å². The number of imidazole rings is 1. The van der Waals surface area contributed by atoms with Gasteiger partial charge in [-0.15, -0.1) is 11.8 Å². The van der Waals surface area contributed by atoms with Crippen LogP contribution in [0.3, 0.4) is 0 Å². The van der Waals surface area contributed by atoms with Crippen molar-refractivity contribution in [3.63, 3.8) is 0 Å². The summed E-state index contributed by atoms with van der Waals surface area (Å²) in [5, 5.41) is -0.390. The van der Waals surface area contributed by atoms with Gasteiger partial charge in [-0.05, 0) is 43.5 Å². The molecule has 1 unspecified atom stereocenters. The van der Waals surface area contributed by atoms with Gasteiger partial charge < -0.3 is 4.57 Å². The molecule has 2 nitrogen and oxygen atoms in total. The Labute approximate surface area is 218 Å². The summed E-state index contributed by atoms with van der Waals surface area (Å²) in [6.07, 6.45) is 8.88. The van der Waals surface area contributed by atoms with Crippen LogP contribution in [0.1, 0.15) is 56.8 Å². The van der Waals surface area contributed by atoms with Gasteiger partial charge in [0.2, 0.25) is 0 Å². The van der Waals surface area contributed by atoms with E-state index in [4.69, 9.17) is 19.1 Å². The van der Waals surface area contributed by atoms with Crippen LogP contribution in [0.25, 0.3) is 11.0 Å². The van der Waals surface area contributed by atoms with E-state index in [9.17, 15) is 8.78 Å². The number of fused-ring (bicyclic) bond motifs is 3. The Hall–Kier alpha value is -0.208. The number of thioether (sulfide) groups is 1. The second-order valence-electron chi connectivity index (χ2n) is 7.73. The Morgan fingerprint density at radius 2 is 1.52 bits per heavy atom. The zero-order valence-corrected chi connectivity index (χ0v) is 24.1. The van der Waals surface area contributed by atoms with Gasteiger partial charge in [-0.2, -0.15) is 0 Å². The number of benzene rings is 2. The second-order valence-corrected chi connectivity index (χ2v) is 14.2. The molecule has 186 valence electrons. The van der Waals surface area contributed by atoms with E-state index in [1.165, 1.54) is 49.2 Å². The van der Waals surface area contributed by atoms with Gasteiger partial charge in [-0.1, -0.05) is 39.0 Å². The molecule has 2 aromatic carbocycles. The van der Waals surface area contributed by atoms with Gasteiger partial charge in [0, 0.05) is 7.92 Å². The second kappa shape index (κ2) is 15.7. The summed E-state index contributed by atoms with van der Waals surface area (Å²) in [7, 11) is 9.73. The molecule has 2 heterocycles. The van der Waals surface area contributed by atoms with Crippen LogP contribution in [0.15, 0.2) is 42.5 Å². The number of hydrogen-bond acceptors (Lipinski definition) is 2. The van der Waals surface area contributed by atoms with Crippen molar-refractivity contribution in [2.45, 2.75) is 51.2 Å². The van der Waals surface area contributed by atoms with E-state index < -0.39 is 17.0 Å². The molecule has 1 aliphatic heterocycles. The maximum atomic E-state index is 14.0. The topological polar surface area (TPSA) is 17.8 Å². The quantitative estimate of drug-likeness (QED) is 0.193. The van der Waals surface area contributed by atoms with Gasteiger partial charge in [0.05, 0.1) is 40.8 Å². The van der Waals surface area contributed by atoms with Crippen molar-refractivity contribution in [1.82, 2.24) is 9.55 Å². The summed E-state index contributed by atoms with van der Waals surface area (Å²) < 4.78 is 30.0. The summed E-state index contributed by atoms with van der Waals surface area (Å²) in [4.78, 5) is 4.53. The summed E-state index contributed by atoms with van der Waals surface area (Å²) in [5.74, 6) is 0.512. The van der Waals surface area contributed by atoms with Crippen LogP contribution in [0.4, 0.5) is 8.78 Å². The molecule has 0 amide bonds. The monoisotopic (exact) mass is 625 g/mol. The SMILES string of the molecule is CCC[PH+](CCC)CCC.Fc1cccc(F)c1C1SCc2nc3ccccc3n21.[Cl][Pd][Cl]. The molecule has 0 saturated heterocycles. The normalized spacial score (nSPS) is 14.6. The summed E-state index contributed by atoms with van der Waals surface area (Å²) in [6.45, 7) is 6.95. The molecule has 33 heavy (non-hydrogen) atoms. The molecule has 3 aromatic rings. The van der Waals surface area contributed by atoms with Crippen LogP contribution in [0, 0.1) is 11.6 Å². The molecule has 0 fully saturated rings. The third kappa shape index (κ3) is 8.16. The zero-order chi connectivity index (χ0) is 24.2. The van der Waals surface area contributed by atoms with Crippen molar-refractivity contribution in [3.8, 4) is 0 Å². The Morgan fingerprint density at radius 1 is 0.970 bits per heavy atom. The molecule has 0 saturated carbocycles. The van der Waals surface area contributed by atoms with Crippen LogP contribution in [-0.2, 0) is 21.7 Å². The van der Waals surface area contributed by atoms with Gasteiger partial charge in [-0.25, -0.2) is 13.8 Å². The third-order valence-electron chi connectivity index (χ3n) is 5.33. The van der Waals surface area contributed by atoms with E-state index in [1.807, 2.05) is 28.8 Å². The van der Waals surface area contributed by atoms with Crippen molar-refractivity contribution in [2.75, 3.05) is 18.5 Å². The van der Waals surface area contributed by atoms with Gasteiger partial charge in [-0.3, -0.25) is 0 Å². The Balaban J connectivity index is 0.000000252. The predicted octanol–water partition coefficient (Wildman–Crippen LogP) is 8.92. The first kappa shape index (κ1) is 29.0. The molecule has 0 spiro atoms. The van der Waals surface area contributed by atoms with E-state index in [-0.39, 0.29) is 29.4 Å². The number of hydrogen-bond donors (Lipinski definition) is 0. The maximum absolute atomic E-state index is 14.0. The minimum atomic E-state index is -0.506. The fraction of sp³-hybridized carbons (Fsp3) is 0.458. The van der Waals surface area contributed by atoms with E-state index >= 15 is 0 Å². The van der Waals surface area contributed by atoms with Crippen molar-refractivity contribution >= 4 is 49.8 Å². The van der Waals surface area contributed by atoms with Crippen molar-refractivity contribution < 1.29 is 24.7 Å².